The average molecular weight is 464 g/mol. The van der Waals surface area contributed by atoms with Crippen LogP contribution < -0.4 is 5.32 Å². The van der Waals surface area contributed by atoms with Gasteiger partial charge in [-0.1, -0.05) is 11.6 Å². The fraction of sp³-hybridized carbons (Fsp3) is 0.360. The molecule has 1 amide bonds. The number of rotatable bonds is 4. The first-order valence-corrected chi connectivity index (χ1v) is 11.6. The van der Waals surface area contributed by atoms with Crippen molar-refractivity contribution in [2.75, 3.05) is 11.9 Å². The molecule has 0 saturated carbocycles. The highest BCUT2D eigenvalue weighted by atomic mass is 35.5. The van der Waals surface area contributed by atoms with E-state index in [0.717, 1.165) is 57.5 Å². The highest BCUT2D eigenvalue weighted by Gasteiger charge is 2.27. The average Bonchev–Trinajstić information content (AvgIpc) is 3.14. The lowest BCUT2D eigenvalue weighted by Gasteiger charge is -2.30. The van der Waals surface area contributed by atoms with Crippen LogP contribution in [0.1, 0.15) is 42.9 Å². The fourth-order valence-electron chi connectivity index (χ4n) is 4.73. The lowest BCUT2D eigenvalue weighted by molar-refractivity contribution is -0.115. The molecular formula is C25H26ClN5O2. The fourth-order valence-corrected chi connectivity index (χ4v) is 4.91. The monoisotopic (exact) mass is 463 g/mol. The van der Waals surface area contributed by atoms with Crippen molar-refractivity contribution in [3.63, 3.8) is 0 Å². The summed E-state index contributed by atoms with van der Waals surface area (Å²) in [6.07, 6.45) is 5.52. The van der Waals surface area contributed by atoms with Gasteiger partial charge in [0.05, 0.1) is 41.1 Å². The molecule has 0 aliphatic carbocycles. The van der Waals surface area contributed by atoms with Crippen molar-refractivity contribution in [1.82, 2.24) is 19.5 Å². The number of hydrogen-bond donors (Lipinski definition) is 1. The lowest BCUT2D eigenvalue weighted by Crippen LogP contribution is -2.28. The summed E-state index contributed by atoms with van der Waals surface area (Å²) in [5, 5.41) is 4.63. The van der Waals surface area contributed by atoms with Crippen molar-refractivity contribution >= 4 is 45.1 Å². The molecule has 4 aromatic rings. The molecule has 1 N–H and O–H groups in total. The van der Waals surface area contributed by atoms with Gasteiger partial charge in [0.1, 0.15) is 11.3 Å². The van der Waals surface area contributed by atoms with Gasteiger partial charge in [0.15, 0.2) is 0 Å². The quantitative estimate of drug-likeness (QED) is 0.451. The van der Waals surface area contributed by atoms with Crippen LogP contribution in [-0.4, -0.2) is 38.1 Å². The number of imidazole rings is 1. The Morgan fingerprint density at radius 2 is 2.09 bits per heavy atom. The first-order valence-electron chi connectivity index (χ1n) is 11.2. The molecule has 2 atom stereocenters. The van der Waals surface area contributed by atoms with Gasteiger partial charge in [0.2, 0.25) is 5.91 Å². The molecule has 1 saturated heterocycles. The molecule has 0 bridgehead atoms. The number of nitrogens with zero attached hydrogens (tertiary/aromatic N) is 4. The third-order valence-electron chi connectivity index (χ3n) is 6.31. The third-order valence-corrected chi connectivity index (χ3v) is 6.54. The molecule has 1 fully saturated rings. The largest absolute Gasteiger partial charge is 0.378 e. The number of aromatic nitrogens is 4. The molecular weight excluding hydrogens is 438 g/mol. The maximum absolute atomic E-state index is 13.1. The van der Waals surface area contributed by atoms with Gasteiger partial charge in [0.25, 0.3) is 0 Å². The van der Waals surface area contributed by atoms with Crippen LogP contribution in [0, 0.1) is 13.8 Å². The van der Waals surface area contributed by atoms with Gasteiger partial charge in [-0.05, 0) is 63.4 Å². The summed E-state index contributed by atoms with van der Waals surface area (Å²) in [6.45, 7) is 6.62. The highest BCUT2D eigenvalue weighted by Crippen LogP contribution is 2.34. The summed E-state index contributed by atoms with van der Waals surface area (Å²) < 4.78 is 8.02. The Hall–Kier alpha value is -3.03. The predicted octanol–water partition coefficient (Wildman–Crippen LogP) is 5.17. The first kappa shape index (κ1) is 21.8. The summed E-state index contributed by atoms with van der Waals surface area (Å²) in [5.74, 6) is 0.594. The van der Waals surface area contributed by atoms with E-state index in [2.05, 4.69) is 26.8 Å². The lowest BCUT2D eigenvalue weighted by atomic mass is 10.0. The molecule has 33 heavy (non-hydrogen) atoms. The van der Waals surface area contributed by atoms with E-state index in [4.69, 9.17) is 21.3 Å². The van der Waals surface area contributed by atoms with E-state index in [-0.39, 0.29) is 24.5 Å². The summed E-state index contributed by atoms with van der Waals surface area (Å²) in [6, 6.07) is 7.75. The predicted molar refractivity (Wildman–Crippen MR) is 130 cm³/mol. The van der Waals surface area contributed by atoms with Gasteiger partial charge in [-0.25, -0.2) is 4.98 Å². The number of pyridine rings is 2. The van der Waals surface area contributed by atoms with Crippen LogP contribution in [0.25, 0.3) is 21.9 Å². The van der Waals surface area contributed by atoms with Crippen LogP contribution in [0.4, 0.5) is 5.69 Å². The molecule has 1 aromatic carbocycles. The van der Waals surface area contributed by atoms with E-state index in [9.17, 15) is 4.79 Å². The van der Waals surface area contributed by atoms with Crippen molar-refractivity contribution in [2.24, 2.45) is 0 Å². The van der Waals surface area contributed by atoms with Crippen molar-refractivity contribution in [2.45, 2.75) is 52.2 Å². The second kappa shape index (κ2) is 8.72. The van der Waals surface area contributed by atoms with Gasteiger partial charge >= 0.3 is 0 Å². The Kier molecular flexibility index (Phi) is 5.76. The third kappa shape index (κ3) is 4.18. The van der Waals surface area contributed by atoms with Gasteiger partial charge in [-0.15, -0.1) is 0 Å². The molecule has 1 aliphatic rings. The standard InChI is InChI=1S/C25H26ClN5O2/c1-14-6-8-27-16(3)24(14)30-23(32)12-22-29-21-13-28-20-5-4-17(26)11-19(20)25(21)31(22)18-7-9-33-15(2)10-18/h4-6,8,11,13,15,18H,7,9-10,12H2,1-3H3,(H,30,32)/t15-,18-/m1/s1. The van der Waals surface area contributed by atoms with Gasteiger partial charge in [-0.2, -0.15) is 0 Å². The number of carbonyl (C=O) groups excluding carboxylic acids is 1. The number of aryl methyl sites for hydroxylation is 2. The normalized spacial score (nSPS) is 18.7. The Bertz CT molecular complexity index is 1350. The Labute approximate surface area is 197 Å². The van der Waals surface area contributed by atoms with Gasteiger partial charge in [-0.3, -0.25) is 14.8 Å². The number of anilines is 1. The van der Waals surface area contributed by atoms with E-state index in [1.807, 2.05) is 38.1 Å². The minimum Gasteiger partial charge on any atom is -0.378 e. The number of hydrogen-bond acceptors (Lipinski definition) is 5. The number of halogens is 1. The molecule has 8 heteroatoms. The summed E-state index contributed by atoms with van der Waals surface area (Å²) in [4.78, 5) is 26.9. The van der Waals surface area contributed by atoms with Crippen molar-refractivity contribution in [3.8, 4) is 0 Å². The molecule has 7 nitrogen and oxygen atoms in total. The summed E-state index contributed by atoms with van der Waals surface area (Å²) >= 11 is 6.34. The minimum absolute atomic E-state index is 0.124. The molecule has 0 radical (unpaired) electrons. The van der Waals surface area contributed by atoms with Crippen LogP contribution in [0.5, 0.6) is 0 Å². The molecule has 1 aliphatic heterocycles. The molecule has 170 valence electrons. The van der Waals surface area contributed by atoms with Crippen LogP contribution in [0.3, 0.4) is 0 Å². The van der Waals surface area contributed by atoms with Crippen molar-refractivity contribution in [1.29, 1.82) is 0 Å². The van der Waals surface area contributed by atoms with Crippen molar-refractivity contribution < 1.29 is 9.53 Å². The minimum atomic E-state index is -0.124. The van der Waals surface area contributed by atoms with E-state index < -0.39 is 0 Å². The Morgan fingerprint density at radius 3 is 2.88 bits per heavy atom. The topological polar surface area (TPSA) is 81.9 Å². The number of nitrogens with one attached hydrogen (secondary N) is 1. The van der Waals surface area contributed by atoms with Gasteiger partial charge in [0, 0.05) is 29.3 Å². The summed E-state index contributed by atoms with van der Waals surface area (Å²) in [7, 11) is 0. The molecule has 5 rings (SSSR count). The molecule has 4 heterocycles. The zero-order valence-electron chi connectivity index (χ0n) is 18.9. The van der Waals surface area contributed by atoms with E-state index >= 15 is 0 Å². The van der Waals surface area contributed by atoms with Crippen LogP contribution in [0.2, 0.25) is 5.02 Å². The highest BCUT2D eigenvalue weighted by molar-refractivity contribution is 6.31. The number of ether oxygens (including phenoxy) is 1. The SMILES string of the molecule is Cc1ccnc(C)c1NC(=O)Cc1nc2cnc3ccc(Cl)cc3c2n1[C@@H]1CCO[C@H](C)C1. The van der Waals surface area contributed by atoms with Crippen LogP contribution in [0.15, 0.2) is 36.7 Å². The van der Waals surface area contributed by atoms with Gasteiger partial charge < -0.3 is 14.6 Å². The van der Waals surface area contributed by atoms with Crippen LogP contribution >= 0.6 is 11.6 Å². The molecule has 0 spiro atoms. The van der Waals surface area contributed by atoms with E-state index in [1.165, 1.54) is 0 Å². The van der Waals surface area contributed by atoms with Crippen molar-refractivity contribution in [3.05, 3.63) is 58.8 Å². The number of fused-ring (bicyclic) bond motifs is 3. The zero-order chi connectivity index (χ0) is 23.1. The second-order valence-electron chi connectivity index (χ2n) is 8.72. The molecule has 0 unspecified atom stereocenters. The summed E-state index contributed by atoms with van der Waals surface area (Å²) in [5.41, 5.74) is 5.11. The van der Waals surface area contributed by atoms with Crippen LogP contribution in [-0.2, 0) is 16.0 Å². The number of carbonyl (C=O) groups is 1. The first-order chi connectivity index (χ1) is 15.9. The van der Waals surface area contributed by atoms with E-state index in [0.29, 0.717) is 11.6 Å². The maximum atomic E-state index is 13.1. The Morgan fingerprint density at radius 1 is 1.24 bits per heavy atom. The smallest absolute Gasteiger partial charge is 0.232 e. The Balaban J connectivity index is 1.60. The number of amides is 1. The number of benzene rings is 1. The molecule has 3 aromatic heterocycles. The zero-order valence-corrected chi connectivity index (χ0v) is 19.7. The maximum Gasteiger partial charge on any atom is 0.232 e. The van der Waals surface area contributed by atoms with E-state index in [1.54, 1.807) is 12.4 Å². The second-order valence-corrected chi connectivity index (χ2v) is 9.16.